The van der Waals surface area contributed by atoms with Crippen molar-refractivity contribution >= 4 is 5.91 Å². The van der Waals surface area contributed by atoms with Crippen LogP contribution in [0.25, 0.3) is 0 Å². The zero-order valence-corrected chi connectivity index (χ0v) is 12.3. The first-order chi connectivity index (χ1) is 10.1. The summed E-state index contributed by atoms with van der Waals surface area (Å²) in [6.07, 6.45) is 1.99. The zero-order valence-electron chi connectivity index (χ0n) is 12.3. The van der Waals surface area contributed by atoms with Crippen molar-refractivity contribution in [3.8, 4) is 0 Å². The first kappa shape index (κ1) is 17.3. The monoisotopic (exact) mass is 294 g/mol. The van der Waals surface area contributed by atoms with E-state index in [1.54, 1.807) is 6.08 Å². The predicted octanol–water partition coefficient (Wildman–Crippen LogP) is 0.467. The molecule has 21 heavy (non-hydrogen) atoms. The normalized spacial score (nSPS) is 14.1. The van der Waals surface area contributed by atoms with E-state index in [9.17, 15) is 9.90 Å². The fourth-order valence-electron chi connectivity index (χ4n) is 1.58. The van der Waals surface area contributed by atoms with Crippen LogP contribution in [0.3, 0.4) is 0 Å². The van der Waals surface area contributed by atoms with Gasteiger partial charge in [0.1, 0.15) is 6.04 Å². The maximum absolute atomic E-state index is 11.6. The lowest BCUT2D eigenvalue weighted by molar-refractivity contribution is -0.171. The van der Waals surface area contributed by atoms with E-state index in [-0.39, 0.29) is 0 Å². The molecule has 3 N–H and O–H groups in total. The lowest BCUT2D eigenvalue weighted by Crippen LogP contribution is -2.47. The molecule has 1 aromatic carbocycles. The Morgan fingerprint density at radius 3 is 2.71 bits per heavy atom. The van der Waals surface area contributed by atoms with Crippen molar-refractivity contribution in [1.82, 2.24) is 5.06 Å². The molecule has 0 aromatic heterocycles. The number of aliphatic hydroxyl groups is 1. The largest absolute Gasteiger partial charge is 0.387 e. The Kier molecular flexibility index (Phi) is 7.63. The van der Waals surface area contributed by atoms with E-state index in [1.807, 2.05) is 30.3 Å². The number of nitrogens with zero attached hydrogens (tertiary/aromatic N) is 1. The lowest BCUT2D eigenvalue weighted by atomic mass is 10.1. The topological polar surface area (TPSA) is 85.0 Å². The summed E-state index contributed by atoms with van der Waals surface area (Å²) in [5.74, 6) is -0.500. The molecule has 0 saturated carbocycles. The molecule has 1 amide bonds. The molecule has 2 atom stereocenters. The first-order valence-electron chi connectivity index (χ1n) is 6.60. The standard InChI is InChI=1S/C15H22N2O4/c1-17(20-2)15(19)14(16)13(18)9-6-10-21-11-12-7-4-3-5-8-12/h3-9,13-14,18H,10-11,16H2,1-2H3/b9-6+/t13-,14+/m1/s1. The lowest BCUT2D eigenvalue weighted by Gasteiger charge is -2.20. The summed E-state index contributed by atoms with van der Waals surface area (Å²) in [7, 11) is 2.78. The van der Waals surface area contributed by atoms with Gasteiger partial charge in [0.25, 0.3) is 5.91 Å². The maximum Gasteiger partial charge on any atom is 0.265 e. The number of carbonyl (C=O) groups is 1. The van der Waals surface area contributed by atoms with Crippen molar-refractivity contribution < 1.29 is 19.5 Å². The molecule has 0 unspecified atom stereocenters. The minimum absolute atomic E-state index is 0.326. The molecule has 0 heterocycles. The Morgan fingerprint density at radius 2 is 2.10 bits per heavy atom. The summed E-state index contributed by atoms with van der Waals surface area (Å²) in [6, 6.07) is 8.68. The Labute approximate surface area is 124 Å². The van der Waals surface area contributed by atoms with Gasteiger partial charge in [0, 0.05) is 7.05 Å². The van der Waals surface area contributed by atoms with Crippen LogP contribution in [0.1, 0.15) is 5.56 Å². The number of likely N-dealkylation sites (N-methyl/N-ethyl adjacent to an activating group) is 1. The van der Waals surface area contributed by atoms with Crippen molar-refractivity contribution in [3.63, 3.8) is 0 Å². The summed E-state index contributed by atoms with van der Waals surface area (Å²) >= 11 is 0. The van der Waals surface area contributed by atoms with Crippen LogP contribution in [0.5, 0.6) is 0 Å². The molecule has 0 fully saturated rings. The van der Waals surface area contributed by atoms with E-state index >= 15 is 0 Å². The second kappa shape index (κ2) is 9.25. The minimum atomic E-state index is -1.09. The molecule has 0 aliphatic heterocycles. The van der Waals surface area contributed by atoms with Gasteiger partial charge in [0.15, 0.2) is 0 Å². The molecule has 1 aromatic rings. The Balaban J connectivity index is 2.30. The van der Waals surface area contributed by atoms with E-state index in [0.29, 0.717) is 13.2 Å². The summed E-state index contributed by atoms with van der Waals surface area (Å²) in [5.41, 5.74) is 6.70. The number of ether oxygens (including phenoxy) is 1. The van der Waals surface area contributed by atoms with Crippen LogP contribution >= 0.6 is 0 Å². The highest BCUT2D eigenvalue weighted by molar-refractivity contribution is 5.81. The highest BCUT2D eigenvalue weighted by Gasteiger charge is 2.23. The minimum Gasteiger partial charge on any atom is -0.387 e. The van der Waals surface area contributed by atoms with E-state index in [1.165, 1.54) is 20.2 Å². The number of aliphatic hydroxyl groups excluding tert-OH is 1. The average Bonchev–Trinajstić information content (AvgIpc) is 2.53. The third kappa shape index (κ3) is 6.05. The Bertz CT molecular complexity index is 450. The molecule has 0 saturated heterocycles. The number of amides is 1. The van der Waals surface area contributed by atoms with Crippen LogP contribution in [0.15, 0.2) is 42.5 Å². The van der Waals surface area contributed by atoms with E-state index in [4.69, 9.17) is 15.3 Å². The van der Waals surface area contributed by atoms with Gasteiger partial charge in [-0.15, -0.1) is 0 Å². The zero-order chi connectivity index (χ0) is 15.7. The van der Waals surface area contributed by atoms with Crippen molar-refractivity contribution in [3.05, 3.63) is 48.0 Å². The number of nitrogens with two attached hydrogens (primary N) is 1. The number of hydrogen-bond donors (Lipinski definition) is 2. The van der Waals surface area contributed by atoms with Gasteiger partial charge in [-0.25, -0.2) is 5.06 Å². The number of carbonyl (C=O) groups excluding carboxylic acids is 1. The maximum atomic E-state index is 11.6. The summed E-state index contributed by atoms with van der Waals surface area (Å²) in [5, 5.41) is 10.8. The number of hydroxylamine groups is 2. The van der Waals surface area contributed by atoms with Crippen LogP contribution in [-0.4, -0.2) is 49.0 Å². The van der Waals surface area contributed by atoms with Crippen LogP contribution in [0.4, 0.5) is 0 Å². The van der Waals surface area contributed by atoms with Crippen LogP contribution < -0.4 is 5.73 Å². The first-order valence-corrected chi connectivity index (χ1v) is 6.60. The summed E-state index contributed by atoms with van der Waals surface area (Å²) < 4.78 is 5.42. The quantitative estimate of drug-likeness (QED) is 0.413. The Morgan fingerprint density at radius 1 is 1.43 bits per heavy atom. The second-order valence-electron chi connectivity index (χ2n) is 4.46. The molecule has 6 heteroatoms. The fraction of sp³-hybridized carbons (Fsp3) is 0.400. The second-order valence-corrected chi connectivity index (χ2v) is 4.46. The molecule has 0 radical (unpaired) electrons. The van der Waals surface area contributed by atoms with Gasteiger partial charge in [-0.2, -0.15) is 0 Å². The van der Waals surface area contributed by atoms with Gasteiger partial charge in [-0.05, 0) is 5.56 Å². The molecular formula is C15H22N2O4. The third-order valence-electron chi connectivity index (χ3n) is 2.90. The fourth-order valence-corrected chi connectivity index (χ4v) is 1.58. The smallest absolute Gasteiger partial charge is 0.265 e. The molecule has 116 valence electrons. The van der Waals surface area contributed by atoms with E-state index in [0.717, 1.165) is 10.6 Å². The number of hydrogen-bond acceptors (Lipinski definition) is 5. The third-order valence-corrected chi connectivity index (χ3v) is 2.90. The van der Waals surface area contributed by atoms with Crippen molar-refractivity contribution in [2.45, 2.75) is 18.8 Å². The van der Waals surface area contributed by atoms with Crippen LogP contribution in [0, 0.1) is 0 Å². The van der Waals surface area contributed by atoms with Crippen LogP contribution in [-0.2, 0) is 21.0 Å². The van der Waals surface area contributed by atoms with E-state index < -0.39 is 18.1 Å². The van der Waals surface area contributed by atoms with Gasteiger partial charge in [-0.1, -0.05) is 42.5 Å². The van der Waals surface area contributed by atoms with Crippen molar-refractivity contribution in [1.29, 1.82) is 0 Å². The Hall–Kier alpha value is -1.73. The predicted molar refractivity (Wildman–Crippen MR) is 79.0 cm³/mol. The molecule has 0 spiro atoms. The number of rotatable bonds is 8. The van der Waals surface area contributed by atoms with E-state index in [2.05, 4.69) is 0 Å². The molecular weight excluding hydrogens is 272 g/mol. The highest BCUT2D eigenvalue weighted by atomic mass is 16.7. The SMILES string of the molecule is CON(C)C(=O)[C@@H](N)[C@H](O)/C=C/COCc1ccccc1. The van der Waals surface area contributed by atoms with Crippen molar-refractivity contribution in [2.24, 2.45) is 5.73 Å². The van der Waals surface area contributed by atoms with Gasteiger partial charge in [0.2, 0.25) is 0 Å². The van der Waals surface area contributed by atoms with Gasteiger partial charge < -0.3 is 15.6 Å². The van der Waals surface area contributed by atoms with Gasteiger partial charge >= 0.3 is 0 Å². The summed E-state index contributed by atoms with van der Waals surface area (Å²) in [6.45, 7) is 0.811. The molecule has 6 nitrogen and oxygen atoms in total. The number of benzene rings is 1. The highest BCUT2D eigenvalue weighted by Crippen LogP contribution is 2.01. The summed E-state index contributed by atoms with van der Waals surface area (Å²) in [4.78, 5) is 16.4. The van der Waals surface area contributed by atoms with Gasteiger partial charge in [0.05, 0.1) is 26.4 Å². The van der Waals surface area contributed by atoms with Crippen molar-refractivity contribution in [2.75, 3.05) is 20.8 Å². The molecule has 0 aliphatic carbocycles. The van der Waals surface area contributed by atoms with Crippen LogP contribution in [0.2, 0.25) is 0 Å². The molecule has 0 aliphatic rings. The average molecular weight is 294 g/mol. The molecule has 1 rings (SSSR count). The molecule has 0 bridgehead atoms. The van der Waals surface area contributed by atoms with Gasteiger partial charge in [-0.3, -0.25) is 9.63 Å².